The van der Waals surface area contributed by atoms with E-state index >= 15 is 0 Å². The molecular weight excluding hydrogens is 386 g/mol. The minimum Gasteiger partial charge on any atom is -0.497 e. The van der Waals surface area contributed by atoms with E-state index in [0.717, 1.165) is 42.0 Å². The van der Waals surface area contributed by atoms with Crippen LogP contribution in [0.4, 0.5) is 0 Å². The lowest BCUT2D eigenvalue weighted by Gasteiger charge is -2.20. The van der Waals surface area contributed by atoms with Gasteiger partial charge in [-0.15, -0.1) is 10.2 Å². The van der Waals surface area contributed by atoms with Crippen molar-refractivity contribution in [1.82, 2.24) is 14.8 Å². The molecule has 4 rings (SSSR count). The smallest absolute Gasteiger partial charge is 0.196 e. The molecule has 150 valence electrons. The van der Waals surface area contributed by atoms with Gasteiger partial charge in [0, 0.05) is 6.42 Å². The maximum Gasteiger partial charge on any atom is 0.196 e. The van der Waals surface area contributed by atoms with Crippen LogP contribution in [-0.2, 0) is 4.79 Å². The van der Waals surface area contributed by atoms with Gasteiger partial charge >= 0.3 is 0 Å². The van der Waals surface area contributed by atoms with Gasteiger partial charge in [0.05, 0.1) is 30.7 Å². The van der Waals surface area contributed by atoms with Crippen molar-refractivity contribution >= 4 is 17.5 Å². The first-order valence-electron chi connectivity index (χ1n) is 9.64. The zero-order valence-corrected chi connectivity index (χ0v) is 17.3. The number of rotatable bonds is 6. The molecule has 0 bridgehead atoms. The summed E-state index contributed by atoms with van der Waals surface area (Å²) in [7, 11) is 3.29. The number of Topliss-reactive ketones (excluding diaryl/α,β-unsaturated/α-hetero) is 1. The lowest BCUT2D eigenvalue weighted by Crippen LogP contribution is -2.21. The number of thioether (sulfide) groups is 1. The highest BCUT2D eigenvalue weighted by Crippen LogP contribution is 2.37. The number of hydrogen-bond acceptors (Lipinski definition) is 6. The van der Waals surface area contributed by atoms with E-state index in [9.17, 15) is 4.79 Å². The van der Waals surface area contributed by atoms with Gasteiger partial charge in [0.25, 0.3) is 0 Å². The molecule has 2 aromatic carbocycles. The molecule has 0 N–H and O–H groups in total. The van der Waals surface area contributed by atoms with Gasteiger partial charge in [0.1, 0.15) is 17.3 Å². The van der Waals surface area contributed by atoms with Crippen molar-refractivity contribution in [2.75, 3.05) is 14.2 Å². The van der Waals surface area contributed by atoms with Crippen LogP contribution in [0.15, 0.2) is 53.7 Å². The highest BCUT2D eigenvalue weighted by molar-refractivity contribution is 8.00. The Morgan fingerprint density at radius 3 is 2.52 bits per heavy atom. The second-order valence-corrected chi connectivity index (χ2v) is 8.03. The van der Waals surface area contributed by atoms with Gasteiger partial charge in [0.15, 0.2) is 11.0 Å². The van der Waals surface area contributed by atoms with Crippen molar-refractivity contribution in [3.63, 3.8) is 0 Å². The van der Waals surface area contributed by atoms with Crippen LogP contribution in [0.1, 0.15) is 25.7 Å². The van der Waals surface area contributed by atoms with Crippen LogP contribution in [0.5, 0.6) is 11.5 Å². The van der Waals surface area contributed by atoms with Crippen LogP contribution in [0.3, 0.4) is 0 Å². The Bertz CT molecular complexity index is 1000. The Morgan fingerprint density at radius 2 is 1.79 bits per heavy atom. The Kier molecular flexibility index (Phi) is 5.85. The van der Waals surface area contributed by atoms with Crippen molar-refractivity contribution < 1.29 is 14.3 Å². The van der Waals surface area contributed by atoms with E-state index in [-0.39, 0.29) is 5.25 Å². The number of benzene rings is 2. The predicted octanol–water partition coefficient (Wildman–Crippen LogP) is 4.56. The van der Waals surface area contributed by atoms with Gasteiger partial charge < -0.3 is 9.47 Å². The molecule has 3 aromatic rings. The first-order valence-corrected chi connectivity index (χ1v) is 10.5. The zero-order chi connectivity index (χ0) is 20.2. The van der Waals surface area contributed by atoms with Crippen LogP contribution < -0.4 is 9.47 Å². The number of hydrogen-bond donors (Lipinski definition) is 0. The summed E-state index contributed by atoms with van der Waals surface area (Å²) in [5, 5.41) is 9.56. The van der Waals surface area contributed by atoms with Crippen molar-refractivity contribution in [3.05, 3.63) is 48.5 Å². The molecule has 0 radical (unpaired) electrons. The van der Waals surface area contributed by atoms with Crippen LogP contribution in [0.25, 0.3) is 17.1 Å². The fraction of sp³-hybridized carbons (Fsp3) is 0.318. The van der Waals surface area contributed by atoms with Gasteiger partial charge in [-0.1, -0.05) is 30.3 Å². The van der Waals surface area contributed by atoms with Gasteiger partial charge in [-0.05, 0) is 49.2 Å². The average molecular weight is 410 g/mol. The molecule has 6 nitrogen and oxygen atoms in total. The quantitative estimate of drug-likeness (QED) is 0.595. The SMILES string of the molecule is COc1ccc(-n2c(SC3CCCCC3=O)nnc2-c2ccccc2OC)cc1. The minimum atomic E-state index is -0.0736. The van der Waals surface area contributed by atoms with Crippen LogP contribution in [0, 0.1) is 0 Å². The standard InChI is InChI=1S/C22H23N3O3S/c1-27-16-13-11-15(12-14-16)25-21(17-7-3-5-9-19(17)28-2)23-24-22(25)29-20-10-6-4-8-18(20)26/h3,5,7,9,11-14,20H,4,6,8,10H2,1-2H3. The van der Waals surface area contributed by atoms with E-state index in [4.69, 9.17) is 9.47 Å². The third kappa shape index (κ3) is 4.00. The summed E-state index contributed by atoms with van der Waals surface area (Å²) in [6.45, 7) is 0. The molecular formula is C22H23N3O3S. The molecule has 1 aliphatic rings. The van der Waals surface area contributed by atoms with E-state index in [0.29, 0.717) is 23.2 Å². The summed E-state index contributed by atoms with van der Waals surface area (Å²) in [6.07, 6.45) is 3.57. The van der Waals surface area contributed by atoms with Crippen molar-refractivity contribution in [2.45, 2.75) is 36.1 Å². The number of carbonyl (C=O) groups is 1. The van der Waals surface area contributed by atoms with E-state index in [1.807, 2.05) is 53.1 Å². The molecule has 0 saturated heterocycles. The molecule has 1 aromatic heterocycles. The van der Waals surface area contributed by atoms with Gasteiger partial charge in [-0.3, -0.25) is 9.36 Å². The number of nitrogens with zero attached hydrogens (tertiary/aromatic N) is 3. The number of carbonyl (C=O) groups excluding carboxylic acids is 1. The monoisotopic (exact) mass is 409 g/mol. The molecule has 7 heteroatoms. The second-order valence-electron chi connectivity index (χ2n) is 6.86. The Balaban J connectivity index is 1.81. The minimum absolute atomic E-state index is 0.0736. The largest absolute Gasteiger partial charge is 0.497 e. The molecule has 0 amide bonds. The van der Waals surface area contributed by atoms with Gasteiger partial charge in [0.2, 0.25) is 0 Å². The third-order valence-corrected chi connectivity index (χ3v) is 6.32. The lowest BCUT2D eigenvalue weighted by molar-refractivity contribution is -0.119. The van der Waals surface area contributed by atoms with E-state index in [1.54, 1.807) is 14.2 Å². The second kappa shape index (κ2) is 8.69. The summed E-state index contributed by atoms with van der Waals surface area (Å²) >= 11 is 1.50. The first-order chi connectivity index (χ1) is 14.2. The number of ether oxygens (including phenoxy) is 2. The van der Waals surface area contributed by atoms with E-state index in [2.05, 4.69) is 10.2 Å². The summed E-state index contributed by atoms with van der Waals surface area (Å²) in [5.74, 6) is 2.47. The summed E-state index contributed by atoms with van der Waals surface area (Å²) in [5.41, 5.74) is 1.75. The van der Waals surface area contributed by atoms with Crippen molar-refractivity contribution in [1.29, 1.82) is 0 Å². The Morgan fingerprint density at radius 1 is 1.00 bits per heavy atom. The Hall–Kier alpha value is -2.80. The van der Waals surface area contributed by atoms with Crippen LogP contribution >= 0.6 is 11.8 Å². The molecule has 1 aliphatic carbocycles. The molecule has 29 heavy (non-hydrogen) atoms. The molecule has 1 heterocycles. The Labute approximate surface area is 174 Å². The van der Waals surface area contributed by atoms with E-state index in [1.165, 1.54) is 11.8 Å². The molecule has 0 aliphatic heterocycles. The summed E-state index contributed by atoms with van der Waals surface area (Å²) in [4.78, 5) is 12.4. The number of methoxy groups -OCH3 is 2. The van der Waals surface area contributed by atoms with E-state index < -0.39 is 0 Å². The zero-order valence-electron chi connectivity index (χ0n) is 16.5. The number of para-hydroxylation sites is 1. The van der Waals surface area contributed by atoms with Gasteiger partial charge in [-0.25, -0.2) is 0 Å². The molecule has 1 unspecified atom stereocenters. The molecule has 0 spiro atoms. The predicted molar refractivity (Wildman–Crippen MR) is 113 cm³/mol. The molecule has 1 atom stereocenters. The molecule has 1 saturated carbocycles. The van der Waals surface area contributed by atoms with Crippen LogP contribution in [0.2, 0.25) is 0 Å². The summed E-state index contributed by atoms with van der Waals surface area (Å²) < 4.78 is 12.8. The fourth-order valence-electron chi connectivity index (χ4n) is 3.52. The summed E-state index contributed by atoms with van der Waals surface area (Å²) in [6, 6.07) is 15.5. The van der Waals surface area contributed by atoms with Crippen molar-refractivity contribution in [3.8, 4) is 28.6 Å². The van der Waals surface area contributed by atoms with Crippen LogP contribution in [-0.4, -0.2) is 40.0 Å². The average Bonchev–Trinajstić information content (AvgIpc) is 3.18. The molecule has 1 fully saturated rings. The third-order valence-electron chi connectivity index (χ3n) is 5.06. The fourth-order valence-corrected chi connectivity index (χ4v) is 4.69. The first kappa shape index (κ1) is 19.5. The topological polar surface area (TPSA) is 66.2 Å². The number of aromatic nitrogens is 3. The number of ketones is 1. The highest BCUT2D eigenvalue weighted by atomic mass is 32.2. The van der Waals surface area contributed by atoms with Crippen molar-refractivity contribution in [2.24, 2.45) is 0 Å². The maximum absolute atomic E-state index is 12.4. The highest BCUT2D eigenvalue weighted by Gasteiger charge is 2.27. The normalized spacial score (nSPS) is 16.6. The van der Waals surface area contributed by atoms with Gasteiger partial charge in [-0.2, -0.15) is 0 Å². The maximum atomic E-state index is 12.4. The lowest BCUT2D eigenvalue weighted by atomic mass is 9.99.